The van der Waals surface area contributed by atoms with Gasteiger partial charge in [-0.25, -0.2) is 9.18 Å². The van der Waals surface area contributed by atoms with Gasteiger partial charge in [-0.15, -0.1) is 11.3 Å². The third kappa shape index (κ3) is 4.70. The van der Waals surface area contributed by atoms with Gasteiger partial charge in [0.15, 0.2) is 6.61 Å². The van der Waals surface area contributed by atoms with E-state index in [1.807, 2.05) is 6.92 Å². The molecule has 1 heterocycles. The minimum atomic E-state index is -0.495. The third-order valence-electron chi connectivity index (χ3n) is 3.37. The van der Waals surface area contributed by atoms with Crippen LogP contribution in [-0.2, 0) is 9.53 Å². The zero-order valence-corrected chi connectivity index (χ0v) is 15.5. The molecule has 0 spiro atoms. The molecular weight excluding hydrogens is 369 g/mol. The zero-order chi connectivity index (χ0) is 18.6. The molecule has 134 valence electrons. The van der Waals surface area contributed by atoms with Gasteiger partial charge in [-0.2, -0.15) is 0 Å². The van der Waals surface area contributed by atoms with Gasteiger partial charge >= 0.3 is 5.97 Å². The molecule has 1 N–H and O–H groups in total. The lowest BCUT2D eigenvalue weighted by Crippen LogP contribution is -2.21. The number of carbonyl (C=O) groups excluding carboxylic acids is 2. The van der Waals surface area contributed by atoms with Crippen molar-refractivity contribution >= 4 is 39.8 Å². The van der Waals surface area contributed by atoms with E-state index < -0.39 is 17.7 Å². The van der Waals surface area contributed by atoms with E-state index in [2.05, 4.69) is 5.32 Å². The van der Waals surface area contributed by atoms with Crippen LogP contribution in [0.4, 0.5) is 9.39 Å². The van der Waals surface area contributed by atoms with Crippen molar-refractivity contribution in [1.29, 1.82) is 0 Å². The topological polar surface area (TPSA) is 64.6 Å². The molecule has 1 amide bonds. The Labute approximate surface area is 153 Å². The van der Waals surface area contributed by atoms with Crippen LogP contribution in [0.3, 0.4) is 0 Å². The molecule has 0 aliphatic heterocycles. The molecule has 1 aromatic carbocycles. The van der Waals surface area contributed by atoms with Crippen LogP contribution in [-0.4, -0.2) is 25.1 Å². The van der Waals surface area contributed by atoms with Crippen LogP contribution in [0, 0.1) is 19.7 Å². The molecule has 0 fully saturated rings. The lowest BCUT2D eigenvalue weighted by atomic mass is 10.1. The molecule has 0 saturated carbocycles. The van der Waals surface area contributed by atoms with Gasteiger partial charge in [0.1, 0.15) is 16.6 Å². The molecule has 0 radical (unpaired) electrons. The van der Waals surface area contributed by atoms with E-state index in [-0.39, 0.29) is 24.0 Å². The van der Waals surface area contributed by atoms with Crippen LogP contribution in [0.25, 0.3) is 0 Å². The minimum absolute atomic E-state index is 0.0721. The van der Waals surface area contributed by atoms with Crippen LogP contribution >= 0.6 is 22.9 Å². The third-order valence-corrected chi connectivity index (χ3v) is 4.79. The largest absolute Gasteiger partial charge is 0.482 e. The summed E-state index contributed by atoms with van der Waals surface area (Å²) >= 11 is 7.13. The first kappa shape index (κ1) is 19.2. The smallest absolute Gasteiger partial charge is 0.341 e. The Kier molecular flexibility index (Phi) is 6.39. The van der Waals surface area contributed by atoms with E-state index in [4.69, 9.17) is 21.1 Å². The number of anilines is 1. The first-order valence-corrected chi connectivity index (χ1v) is 8.67. The molecule has 1 aromatic heterocycles. The van der Waals surface area contributed by atoms with Gasteiger partial charge in [-0.3, -0.25) is 4.79 Å². The van der Waals surface area contributed by atoms with E-state index >= 15 is 0 Å². The monoisotopic (exact) mass is 385 g/mol. The highest BCUT2D eigenvalue weighted by Gasteiger charge is 2.22. The molecule has 5 nitrogen and oxygen atoms in total. The van der Waals surface area contributed by atoms with Crippen molar-refractivity contribution in [2.75, 3.05) is 18.5 Å². The average Bonchev–Trinajstić information content (AvgIpc) is 2.81. The number of benzene rings is 1. The van der Waals surface area contributed by atoms with Gasteiger partial charge in [0, 0.05) is 4.88 Å². The van der Waals surface area contributed by atoms with E-state index in [1.165, 1.54) is 23.5 Å². The summed E-state index contributed by atoms with van der Waals surface area (Å²) in [6.45, 7) is 5.27. The number of aryl methyl sites for hydroxylation is 1. The van der Waals surface area contributed by atoms with Gasteiger partial charge in [0.2, 0.25) is 0 Å². The summed E-state index contributed by atoms with van der Waals surface area (Å²) in [4.78, 5) is 25.1. The van der Waals surface area contributed by atoms with E-state index in [1.54, 1.807) is 13.8 Å². The van der Waals surface area contributed by atoms with Gasteiger partial charge in [-0.1, -0.05) is 11.6 Å². The number of hydrogen-bond donors (Lipinski definition) is 1. The summed E-state index contributed by atoms with van der Waals surface area (Å²) in [5.41, 5.74) is 1.11. The number of thiophene rings is 1. The van der Waals surface area contributed by atoms with Crippen LogP contribution in [0.1, 0.15) is 27.7 Å². The van der Waals surface area contributed by atoms with Crippen LogP contribution in [0.2, 0.25) is 5.02 Å². The molecule has 8 heteroatoms. The average molecular weight is 386 g/mol. The minimum Gasteiger partial charge on any atom is -0.482 e. The summed E-state index contributed by atoms with van der Waals surface area (Å²) < 4.78 is 23.3. The first-order valence-electron chi connectivity index (χ1n) is 7.48. The summed E-state index contributed by atoms with van der Waals surface area (Å²) in [5.74, 6) is -1.25. The molecule has 0 aliphatic rings. The quantitative estimate of drug-likeness (QED) is 0.751. The van der Waals surface area contributed by atoms with E-state index in [9.17, 15) is 14.0 Å². The number of rotatable bonds is 6. The van der Waals surface area contributed by atoms with Crippen LogP contribution in [0.5, 0.6) is 5.75 Å². The number of esters is 1. The lowest BCUT2D eigenvalue weighted by Gasteiger charge is -2.09. The van der Waals surface area contributed by atoms with Crippen molar-refractivity contribution in [1.82, 2.24) is 0 Å². The molecule has 0 bridgehead atoms. The van der Waals surface area contributed by atoms with Crippen LogP contribution in [0.15, 0.2) is 18.2 Å². The van der Waals surface area contributed by atoms with Crippen molar-refractivity contribution in [3.8, 4) is 5.75 Å². The predicted molar refractivity (Wildman–Crippen MR) is 95.3 cm³/mol. The van der Waals surface area contributed by atoms with Crippen LogP contribution < -0.4 is 10.1 Å². The Morgan fingerprint density at radius 3 is 2.68 bits per heavy atom. The number of nitrogens with one attached hydrogen (secondary N) is 1. The lowest BCUT2D eigenvalue weighted by molar-refractivity contribution is -0.118. The fourth-order valence-electron chi connectivity index (χ4n) is 2.06. The second kappa shape index (κ2) is 8.31. The standard InChI is InChI=1S/C17H17ClFNO4S/c1-4-23-17(22)15-9(2)10(3)25-16(15)20-14(21)8-24-13-6-5-11(19)7-12(13)18/h5-7H,4,8H2,1-3H3,(H,20,21). The molecular formula is C17H17ClFNO4S. The highest BCUT2D eigenvalue weighted by atomic mass is 35.5. The van der Waals surface area contributed by atoms with Gasteiger partial charge in [0.05, 0.1) is 17.2 Å². The summed E-state index contributed by atoms with van der Waals surface area (Å²) in [5, 5.41) is 3.13. The summed E-state index contributed by atoms with van der Waals surface area (Å²) in [7, 11) is 0. The Bertz CT molecular complexity index is 806. The van der Waals surface area contributed by atoms with Gasteiger partial charge < -0.3 is 14.8 Å². The summed E-state index contributed by atoms with van der Waals surface area (Å²) in [6, 6.07) is 3.62. The van der Waals surface area contributed by atoms with Crippen molar-refractivity contribution < 1.29 is 23.5 Å². The molecule has 25 heavy (non-hydrogen) atoms. The van der Waals surface area contributed by atoms with Crippen molar-refractivity contribution in [3.63, 3.8) is 0 Å². The van der Waals surface area contributed by atoms with Crippen molar-refractivity contribution in [3.05, 3.63) is 45.0 Å². The number of halogens is 2. The van der Waals surface area contributed by atoms with Gasteiger partial charge in [-0.05, 0) is 44.5 Å². The first-order chi connectivity index (χ1) is 11.8. The Hall–Kier alpha value is -2.12. The Morgan fingerprint density at radius 2 is 2.04 bits per heavy atom. The molecule has 0 aliphatic carbocycles. The number of hydrogen-bond acceptors (Lipinski definition) is 5. The molecule has 2 rings (SSSR count). The number of ether oxygens (including phenoxy) is 2. The number of carbonyl (C=O) groups is 2. The fraction of sp³-hybridized carbons (Fsp3) is 0.294. The SMILES string of the molecule is CCOC(=O)c1c(NC(=O)COc2ccc(F)cc2Cl)sc(C)c1C. The maximum atomic E-state index is 13.0. The van der Waals surface area contributed by atoms with Gasteiger partial charge in [0.25, 0.3) is 5.91 Å². The normalized spacial score (nSPS) is 10.4. The summed E-state index contributed by atoms with van der Waals surface area (Å²) in [6.07, 6.45) is 0. The zero-order valence-electron chi connectivity index (χ0n) is 13.9. The van der Waals surface area contributed by atoms with Crippen molar-refractivity contribution in [2.24, 2.45) is 0 Å². The highest BCUT2D eigenvalue weighted by Crippen LogP contribution is 2.33. The Balaban J connectivity index is 2.08. The molecule has 0 unspecified atom stereocenters. The fourth-order valence-corrected chi connectivity index (χ4v) is 3.35. The predicted octanol–water partition coefficient (Wildman–Crippen LogP) is 4.35. The molecule has 0 saturated heterocycles. The second-order valence-corrected chi connectivity index (χ2v) is 6.75. The molecule has 0 atom stereocenters. The Morgan fingerprint density at radius 1 is 1.32 bits per heavy atom. The van der Waals surface area contributed by atoms with E-state index in [0.717, 1.165) is 16.5 Å². The maximum Gasteiger partial charge on any atom is 0.341 e. The maximum absolute atomic E-state index is 13.0. The molecule has 2 aromatic rings. The van der Waals surface area contributed by atoms with E-state index in [0.29, 0.717) is 10.6 Å². The number of amides is 1. The second-order valence-electron chi connectivity index (χ2n) is 5.12. The van der Waals surface area contributed by atoms with Crippen molar-refractivity contribution in [2.45, 2.75) is 20.8 Å². The highest BCUT2D eigenvalue weighted by molar-refractivity contribution is 7.16.